The van der Waals surface area contributed by atoms with E-state index in [1.54, 1.807) is 36.4 Å². The van der Waals surface area contributed by atoms with Crippen molar-refractivity contribution >= 4 is 17.4 Å². The molecule has 1 atom stereocenters. The van der Waals surface area contributed by atoms with E-state index in [0.29, 0.717) is 29.2 Å². The zero-order chi connectivity index (χ0) is 24.0. The summed E-state index contributed by atoms with van der Waals surface area (Å²) in [6.45, 7) is 6.80. The first-order valence-electron chi connectivity index (χ1n) is 11.1. The van der Waals surface area contributed by atoms with Crippen molar-refractivity contribution < 1.29 is 28.9 Å². The highest BCUT2D eigenvalue weighted by atomic mass is 16.5. The number of para-hydroxylation sites is 1. The maximum absolute atomic E-state index is 13.1. The molecular weight excluding hydrogens is 422 g/mol. The lowest BCUT2D eigenvalue weighted by Gasteiger charge is -2.26. The van der Waals surface area contributed by atoms with E-state index in [0.717, 1.165) is 6.42 Å². The second kappa shape index (κ2) is 11.0. The number of carbonyl (C=O) groups is 2. The molecule has 7 nitrogen and oxygen atoms in total. The standard InChI is InChI=1S/C26H31NO6/c1-5-14-33-19-10-8-9-18(16-19)24(28)22-23(20-11-6-7-12-21(20)31-4)27(26(30)25(22)29)13-15-32-17(2)3/h6-12,16-17,23,28H,5,13-15H2,1-4H3/b24-22-. The Kier molecular flexibility index (Phi) is 8.11. The van der Waals surface area contributed by atoms with Crippen LogP contribution in [-0.2, 0) is 14.3 Å². The predicted octanol–water partition coefficient (Wildman–Crippen LogP) is 4.33. The molecule has 1 N–H and O–H groups in total. The summed E-state index contributed by atoms with van der Waals surface area (Å²) in [5, 5.41) is 11.2. The number of Topliss-reactive ketones (excluding diaryl/α,β-unsaturated/α-hetero) is 1. The number of benzene rings is 2. The Balaban J connectivity index is 2.11. The Morgan fingerprint density at radius 1 is 1.09 bits per heavy atom. The van der Waals surface area contributed by atoms with E-state index >= 15 is 0 Å². The molecule has 0 radical (unpaired) electrons. The zero-order valence-corrected chi connectivity index (χ0v) is 19.5. The summed E-state index contributed by atoms with van der Waals surface area (Å²) in [6.07, 6.45) is 0.825. The number of aliphatic hydroxyl groups excluding tert-OH is 1. The van der Waals surface area contributed by atoms with Gasteiger partial charge in [-0.05, 0) is 38.5 Å². The van der Waals surface area contributed by atoms with Crippen LogP contribution in [0.1, 0.15) is 44.4 Å². The topological polar surface area (TPSA) is 85.3 Å². The van der Waals surface area contributed by atoms with Gasteiger partial charge in [-0.2, -0.15) is 0 Å². The summed E-state index contributed by atoms with van der Waals surface area (Å²) in [5.41, 5.74) is 1.03. The second-order valence-corrected chi connectivity index (χ2v) is 8.03. The molecule has 1 aliphatic rings. The lowest BCUT2D eigenvalue weighted by atomic mass is 9.94. The molecular formula is C26H31NO6. The van der Waals surface area contributed by atoms with Gasteiger partial charge in [-0.15, -0.1) is 0 Å². The number of ketones is 1. The van der Waals surface area contributed by atoms with Crippen LogP contribution in [0, 0.1) is 0 Å². The summed E-state index contributed by atoms with van der Waals surface area (Å²) >= 11 is 0. The Morgan fingerprint density at radius 3 is 2.55 bits per heavy atom. The molecule has 2 aromatic rings. The molecule has 1 amide bonds. The highest BCUT2D eigenvalue weighted by Gasteiger charge is 2.46. The van der Waals surface area contributed by atoms with E-state index in [1.807, 2.05) is 32.9 Å². The lowest BCUT2D eigenvalue weighted by Crippen LogP contribution is -2.33. The molecule has 0 spiro atoms. The minimum Gasteiger partial charge on any atom is -0.507 e. The van der Waals surface area contributed by atoms with Crippen molar-refractivity contribution in [1.82, 2.24) is 4.90 Å². The van der Waals surface area contributed by atoms with Crippen molar-refractivity contribution in [3.8, 4) is 11.5 Å². The minimum absolute atomic E-state index is 0.0155. The van der Waals surface area contributed by atoms with Gasteiger partial charge in [0.15, 0.2) is 0 Å². The molecule has 176 valence electrons. The van der Waals surface area contributed by atoms with Crippen molar-refractivity contribution in [1.29, 1.82) is 0 Å². The first-order chi connectivity index (χ1) is 15.9. The van der Waals surface area contributed by atoms with Gasteiger partial charge >= 0.3 is 0 Å². The second-order valence-electron chi connectivity index (χ2n) is 8.03. The molecule has 3 rings (SSSR count). The maximum Gasteiger partial charge on any atom is 0.295 e. The van der Waals surface area contributed by atoms with Gasteiger partial charge in [-0.1, -0.05) is 37.3 Å². The van der Waals surface area contributed by atoms with Crippen molar-refractivity contribution in [2.24, 2.45) is 0 Å². The monoisotopic (exact) mass is 453 g/mol. The highest BCUT2D eigenvalue weighted by Crippen LogP contribution is 2.42. The van der Waals surface area contributed by atoms with Gasteiger partial charge in [0.2, 0.25) is 0 Å². The highest BCUT2D eigenvalue weighted by molar-refractivity contribution is 6.46. The van der Waals surface area contributed by atoms with Crippen LogP contribution in [0.25, 0.3) is 5.76 Å². The molecule has 7 heteroatoms. The Bertz CT molecular complexity index is 1030. The number of aliphatic hydroxyl groups is 1. The molecule has 1 fully saturated rings. The van der Waals surface area contributed by atoms with Crippen LogP contribution in [0.3, 0.4) is 0 Å². The first kappa shape index (κ1) is 24.3. The van der Waals surface area contributed by atoms with E-state index in [2.05, 4.69) is 0 Å². The maximum atomic E-state index is 13.1. The third-order valence-electron chi connectivity index (χ3n) is 5.34. The minimum atomic E-state index is -0.808. The quantitative estimate of drug-likeness (QED) is 0.327. The van der Waals surface area contributed by atoms with Gasteiger partial charge in [0.05, 0.1) is 38.0 Å². The van der Waals surface area contributed by atoms with Crippen molar-refractivity contribution in [3.63, 3.8) is 0 Å². The summed E-state index contributed by atoms with van der Waals surface area (Å²) < 4.78 is 16.8. The summed E-state index contributed by atoms with van der Waals surface area (Å²) in [6, 6.07) is 13.2. The molecule has 1 saturated heterocycles. The average Bonchev–Trinajstić information content (AvgIpc) is 3.07. The van der Waals surface area contributed by atoms with E-state index in [1.165, 1.54) is 12.0 Å². The Labute approximate surface area is 194 Å². The fourth-order valence-electron chi connectivity index (χ4n) is 3.82. The van der Waals surface area contributed by atoms with Crippen LogP contribution < -0.4 is 9.47 Å². The number of carbonyl (C=O) groups excluding carboxylic acids is 2. The molecule has 0 aromatic heterocycles. The summed E-state index contributed by atoms with van der Waals surface area (Å²) in [5.74, 6) is -0.580. The zero-order valence-electron chi connectivity index (χ0n) is 19.5. The van der Waals surface area contributed by atoms with Crippen LogP contribution in [0.4, 0.5) is 0 Å². The average molecular weight is 454 g/mol. The molecule has 33 heavy (non-hydrogen) atoms. The normalized spacial score (nSPS) is 17.6. The van der Waals surface area contributed by atoms with Gasteiger partial charge in [-0.25, -0.2) is 0 Å². The molecule has 0 bridgehead atoms. The van der Waals surface area contributed by atoms with Crippen LogP contribution in [0.15, 0.2) is 54.1 Å². The van der Waals surface area contributed by atoms with E-state index < -0.39 is 17.7 Å². The van der Waals surface area contributed by atoms with Crippen LogP contribution in [0.2, 0.25) is 0 Å². The number of hydrogen-bond donors (Lipinski definition) is 1. The van der Waals surface area contributed by atoms with Gasteiger partial charge in [0, 0.05) is 17.7 Å². The number of likely N-dealkylation sites (tertiary alicyclic amines) is 1. The van der Waals surface area contributed by atoms with Crippen molar-refractivity contribution in [2.75, 3.05) is 26.9 Å². The summed E-state index contributed by atoms with van der Waals surface area (Å²) in [4.78, 5) is 27.6. The third kappa shape index (κ3) is 5.37. The molecule has 2 aromatic carbocycles. The molecule has 1 unspecified atom stereocenters. The SMILES string of the molecule is CCCOc1cccc(/C(O)=C2/C(=O)C(=O)N(CCOC(C)C)C2c2ccccc2OC)c1. The summed E-state index contributed by atoms with van der Waals surface area (Å²) in [7, 11) is 1.53. The van der Waals surface area contributed by atoms with Gasteiger partial charge < -0.3 is 24.2 Å². The molecule has 0 saturated carbocycles. The van der Waals surface area contributed by atoms with Gasteiger partial charge in [0.25, 0.3) is 11.7 Å². The van der Waals surface area contributed by atoms with E-state index in [4.69, 9.17) is 14.2 Å². The smallest absolute Gasteiger partial charge is 0.295 e. The largest absolute Gasteiger partial charge is 0.507 e. The van der Waals surface area contributed by atoms with Gasteiger partial charge in [-0.3, -0.25) is 9.59 Å². The van der Waals surface area contributed by atoms with Gasteiger partial charge in [0.1, 0.15) is 17.3 Å². The van der Waals surface area contributed by atoms with Crippen molar-refractivity contribution in [2.45, 2.75) is 39.3 Å². The molecule has 0 aliphatic carbocycles. The lowest BCUT2D eigenvalue weighted by molar-refractivity contribution is -0.140. The van der Waals surface area contributed by atoms with Crippen molar-refractivity contribution in [3.05, 3.63) is 65.2 Å². The first-order valence-corrected chi connectivity index (χ1v) is 11.1. The number of nitrogens with zero attached hydrogens (tertiary/aromatic N) is 1. The Hall–Kier alpha value is -3.32. The van der Waals surface area contributed by atoms with E-state index in [9.17, 15) is 14.7 Å². The fraction of sp³-hybridized carbons (Fsp3) is 0.385. The Morgan fingerprint density at radius 2 is 1.85 bits per heavy atom. The number of ether oxygens (including phenoxy) is 3. The fourth-order valence-corrected chi connectivity index (χ4v) is 3.82. The number of methoxy groups -OCH3 is 1. The predicted molar refractivity (Wildman–Crippen MR) is 125 cm³/mol. The molecule has 1 heterocycles. The van der Waals surface area contributed by atoms with Crippen LogP contribution in [0.5, 0.6) is 11.5 Å². The number of amides is 1. The number of hydrogen-bond acceptors (Lipinski definition) is 6. The van der Waals surface area contributed by atoms with Crippen LogP contribution >= 0.6 is 0 Å². The molecule has 1 aliphatic heterocycles. The van der Waals surface area contributed by atoms with E-state index in [-0.39, 0.29) is 30.6 Å². The number of rotatable bonds is 10. The third-order valence-corrected chi connectivity index (χ3v) is 5.34. The van der Waals surface area contributed by atoms with Crippen LogP contribution in [-0.4, -0.2) is 54.7 Å².